The highest BCUT2D eigenvalue weighted by atomic mass is 14.8. The molecule has 0 aromatic rings. The van der Waals surface area contributed by atoms with Gasteiger partial charge in [0.2, 0.25) is 0 Å². The van der Waals surface area contributed by atoms with Crippen LogP contribution in [0.2, 0.25) is 0 Å². The molecule has 0 aliphatic rings. The molecule has 0 saturated heterocycles. The predicted molar refractivity (Wildman–Crippen MR) is 42.0 cm³/mol. The van der Waals surface area contributed by atoms with Gasteiger partial charge < -0.3 is 5.32 Å². The largest absolute Gasteiger partial charge is 0.373 e. The Labute approximate surface area is 58.2 Å². The SMILES string of the molecule is CCCC=C[C-](C)NC. The van der Waals surface area contributed by atoms with Crippen molar-refractivity contribution in [3.8, 4) is 0 Å². The van der Waals surface area contributed by atoms with Gasteiger partial charge in [0.15, 0.2) is 0 Å². The standard InChI is InChI=1S/C8H16N/c1-4-5-6-7-8(2)9-3/h6-7,9H,4-5H2,1-3H3/q-1. The number of hydrogen-bond donors (Lipinski definition) is 1. The first kappa shape index (κ1) is 8.57. The van der Waals surface area contributed by atoms with Gasteiger partial charge in [-0.3, -0.25) is 0 Å². The molecule has 0 heterocycles. The number of unbranched alkanes of at least 4 members (excludes halogenated alkanes) is 1. The van der Waals surface area contributed by atoms with Crippen LogP contribution in [0.5, 0.6) is 0 Å². The van der Waals surface area contributed by atoms with Gasteiger partial charge in [0.25, 0.3) is 0 Å². The molecule has 0 aromatic carbocycles. The molecule has 0 atom stereocenters. The second-order valence-corrected chi connectivity index (χ2v) is 2.12. The van der Waals surface area contributed by atoms with E-state index in [1.165, 1.54) is 18.9 Å². The van der Waals surface area contributed by atoms with Gasteiger partial charge in [-0.2, -0.15) is 6.04 Å². The summed E-state index contributed by atoms with van der Waals surface area (Å²) in [5.74, 6) is 0. The van der Waals surface area contributed by atoms with Crippen molar-refractivity contribution >= 4 is 0 Å². The Morgan fingerprint density at radius 3 is 2.67 bits per heavy atom. The average molecular weight is 126 g/mol. The zero-order valence-corrected chi connectivity index (χ0v) is 6.57. The van der Waals surface area contributed by atoms with Crippen LogP contribution >= 0.6 is 0 Å². The quantitative estimate of drug-likeness (QED) is 0.569. The fourth-order valence-corrected chi connectivity index (χ4v) is 0.510. The number of likely N-dealkylation sites (N-methyl/N-ethyl adjacent to an activating group) is 1. The van der Waals surface area contributed by atoms with Gasteiger partial charge >= 0.3 is 0 Å². The molecule has 0 aliphatic carbocycles. The second kappa shape index (κ2) is 5.70. The lowest BCUT2D eigenvalue weighted by molar-refractivity contribution is 0.873. The van der Waals surface area contributed by atoms with Crippen molar-refractivity contribution in [3.05, 3.63) is 18.2 Å². The number of rotatable bonds is 4. The van der Waals surface area contributed by atoms with Crippen LogP contribution in [0.25, 0.3) is 0 Å². The average Bonchev–Trinajstić information content (AvgIpc) is 1.89. The maximum Gasteiger partial charge on any atom is -0.0287 e. The predicted octanol–water partition coefficient (Wildman–Crippen LogP) is 2.11. The molecule has 0 amide bonds. The van der Waals surface area contributed by atoms with Crippen molar-refractivity contribution in [1.82, 2.24) is 5.32 Å². The second-order valence-electron chi connectivity index (χ2n) is 2.12. The van der Waals surface area contributed by atoms with E-state index in [0.717, 1.165) is 0 Å². The van der Waals surface area contributed by atoms with Gasteiger partial charge in [-0.15, -0.1) is 6.42 Å². The molecule has 9 heavy (non-hydrogen) atoms. The minimum Gasteiger partial charge on any atom is -0.373 e. The molecular formula is C8H16N-. The van der Waals surface area contributed by atoms with Crippen LogP contribution in [0.4, 0.5) is 0 Å². The highest BCUT2D eigenvalue weighted by Crippen LogP contribution is 1.95. The molecule has 0 bridgehead atoms. The fourth-order valence-electron chi connectivity index (χ4n) is 0.510. The topological polar surface area (TPSA) is 12.0 Å². The van der Waals surface area contributed by atoms with Gasteiger partial charge in [-0.25, -0.2) is 12.2 Å². The van der Waals surface area contributed by atoms with Gasteiger partial charge in [0.1, 0.15) is 0 Å². The molecule has 54 valence electrons. The van der Waals surface area contributed by atoms with Crippen LogP contribution in [0.1, 0.15) is 26.7 Å². The monoisotopic (exact) mass is 126 g/mol. The first-order chi connectivity index (χ1) is 4.31. The highest BCUT2D eigenvalue weighted by molar-refractivity contribution is 5.03. The van der Waals surface area contributed by atoms with Crippen LogP contribution in [-0.4, -0.2) is 7.05 Å². The fraction of sp³-hybridized carbons (Fsp3) is 0.625. The number of nitrogens with one attached hydrogen (secondary N) is 1. The highest BCUT2D eigenvalue weighted by Gasteiger charge is 1.74. The van der Waals surface area contributed by atoms with E-state index in [9.17, 15) is 0 Å². The summed E-state index contributed by atoms with van der Waals surface area (Å²) < 4.78 is 0. The molecule has 0 rings (SSSR count). The summed E-state index contributed by atoms with van der Waals surface area (Å²) in [5.41, 5.74) is 0. The van der Waals surface area contributed by atoms with Crippen LogP contribution in [-0.2, 0) is 0 Å². The van der Waals surface area contributed by atoms with Gasteiger partial charge in [-0.1, -0.05) is 20.3 Å². The molecule has 0 fully saturated rings. The third-order valence-electron chi connectivity index (χ3n) is 1.22. The van der Waals surface area contributed by atoms with Crippen LogP contribution in [0, 0.1) is 6.04 Å². The summed E-state index contributed by atoms with van der Waals surface area (Å²) in [6.45, 7) is 4.24. The van der Waals surface area contributed by atoms with E-state index in [4.69, 9.17) is 0 Å². The zero-order valence-electron chi connectivity index (χ0n) is 6.57. The lowest BCUT2D eigenvalue weighted by atomic mass is 10.2. The molecule has 0 spiro atoms. The Bertz CT molecular complexity index is 76.6. The molecule has 0 unspecified atom stereocenters. The number of hydrogen-bond acceptors (Lipinski definition) is 1. The maximum atomic E-state index is 3.05. The minimum absolute atomic E-state index is 1.18. The van der Waals surface area contributed by atoms with Crippen LogP contribution in [0.3, 0.4) is 0 Å². The molecule has 0 aromatic heterocycles. The molecule has 0 radical (unpaired) electrons. The normalized spacial score (nSPS) is 10.6. The lowest BCUT2D eigenvalue weighted by Gasteiger charge is -2.12. The van der Waals surface area contributed by atoms with E-state index in [0.29, 0.717) is 0 Å². The maximum absolute atomic E-state index is 3.05. The third kappa shape index (κ3) is 5.44. The first-order valence-electron chi connectivity index (χ1n) is 3.49. The molecular weight excluding hydrogens is 110 g/mol. The molecule has 1 heteroatoms. The van der Waals surface area contributed by atoms with E-state index in [1.807, 2.05) is 7.05 Å². The smallest absolute Gasteiger partial charge is 0.0287 e. The van der Waals surface area contributed by atoms with Gasteiger partial charge in [0.05, 0.1) is 0 Å². The summed E-state index contributed by atoms with van der Waals surface area (Å²) in [5, 5.41) is 3.05. The van der Waals surface area contributed by atoms with E-state index >= 15 is 0 Å². The van der Waals surface area contributed by atoms with Crippen molar-refractivity contribution in [2.45, 2.75) is 26.7 Å². The molecule has 0 saturated carbocycles. The summed E-state index contributed by atoms with van der Waals surface area (Å²) in [6, 6.07) is 1.23. The molecule has 1 N–H and O–H groups in total. The molecule has 1 nitrogen and oxygen atoms in total. The minimum atomic E-state index is 1.18. The Hall–Kier alpha value is -0.430. The summed E-state index contributed by atoms with van der Waals surface area (Å²) >= 11 is 0. The zero-order chi connectivity index (χ0) is 7.11. The van der Waals surface area contributed by atoms with Crippen molar-refractivity contribution in [2.75, 3.05) is 7.05 Å². The Morgan fingerprint density at radius 2 is 2.22 bits per heavy atom. The van der Waals surface area contributed by atoms with E-state index in [2.05, 4.69) is 31.3 Å². The molecule has 0 aliphatic heterocycles. The number of allylic oxidation sites excluding steroid dienone is 1. The van der Waals surface area contributed by atoms with Crippen molar-refractivity contribution in [3.63, 3.8) is 0 Å². The summed E-state index contributed by atoms with van der Waals surface area (Å²) in [4.78, 5) is 0. The van der Waals surface area contributed by atoms with E-state index in [1.54, 1.807) is 0 Å². The third-order valence-corrected chi connectivity index (χ3v) is 1.22. The van der Waals surface area contributed by atoms with Crippen LogP contribution in [0.15, 0.2) is 12.2 Å². The van der Waals surface area contributed by atoms with E-state index in [-0.39, 0.29) is 0 Å². The van der Waals surface area contributed by atoms with Crippen molar-refractivity contribution < 1.29 is 0 Å². The Kier molecular flexibility index (Phi) is 5.43. The summed E-state index contributed by atoms with van der Waals surface area (Å²) in [7, 11) is 1.94. The Balaban J connectivity index is 3.20. The van der Waals surface area contributed by atoms with Gasteiger partial charge in [0, 0.05) is 0 Å². The first-order valence-corrected chi connectivity index (χ1v) is 3.49. The summed E-state index contributed by atoms with van der Waals surface area (Å²) in [6.07, 6.45) is 6.71. The lowest BCUT2D eigenvalue weighted by Crippen LogP contribution is -2.08. The van der Waals surface area contributed by atoms with Gasteiger partial charge in [-0.05, 0) is 7.05 Å². The van der Waals surface area contributed by atoms with Crippen molar-refractivity contribution in [1.29, 1.82) is 0 Å². The van der Waals surface area contributed by atoms with E-state index < -0.39 is 0 Å². The Morgan fingerprint density at radius 1 is 1.56 bits per heavy atom. The van der Waals surface area contributed by atoms with Crippen LogP contribution < -0.4 is 5.32 Å². The van der Waals surface area contributed by atoms with Crippen molar-refractivity contribution in [2.24, 2.45) is 0 Å².